The number of nitrogens with one attached hydrogen (secondary N) is 1. The van der Waals surface area contributed by atoms with E-state index in [-0.39, 0.29) is 12.4 Å². The van der Waals surface area contributed by atoms with Crippen molar-refractivity contribution in [3.8, 4) is 17.2 Å². The highest BCUT2D eigenvalue weighted by Gasteiger charge is 2.13. The molecule has 0 fully saturated rings. The number of hydrogen-bond donors (Lipinski definition) is 1. The van der Waals surface area contributed by atoms with E-state index in [4.69, 9.17) is 25.8 Å². The smallest absolute Gasteiger partial charge is 0.353 e. The van der Waals surface area contributed by atoms with Gasteiger partial charge >= 0.3 is 5.97 Å². The van der Waals surface area contributed by atoms with Gasteiger partial charge in [-0.1, -0.05) is 29.8 Å². The van der Waals surface area contributed by atoms with Gasteiger partial charge in [0.25, 0.3) is 5.91 Å². The summed E-state index contributed by atoms with van der Waals surface area (Å²) in [5, 5.41) is 6.09. The largest absolute Gasteiger partial charge is 0.493 e. The highest BCUT2D eigenvalue weighted by molar-refractivity contribution is 7.12. The summed E-state index contributed by atoms with van der Waals surface area (Å²) >= 11 is 7.25. The number of ether oxygens (including phenoxy) is 3. The van der Waals surface area contributed by atoms with Gasteiger partial charge in [0, 0.05) is 0 Å². The first-order valence-electron chi connectivity index (χ1n) is 8.70. The van der Waals surface area contributed by atoms with E-state index in [1.54, 1.807) is 60.0 Å². The minimum Gasteiger partial charge on any atom is -0.493 e. The lowest BCUT2D eigenvalue weighted by molar-refractivity contribution is -0.123. The van der Waals surface area contributed by atoms with Gasteiger partial charge in [0.2, 0.25) is 0 Å². The van der Waals surface area contributed by atoms with Gasteiger partial charge in [0.05, 0.1) is 18.3 Å². The first-order valence-corrected chi connectivity index (χ1v) is 9.95. The molecule has 1 aromatic heterocycles. The number of halogens is 1. The van der Waals surface area contributed by atoms with Gasteiger partial charge in [-0.2, -0.15) is 5.10 Å². The van der Waals surface area contributed by atoms with E-state index in [2.05, 4.69) is 10.5 Å². The molecule has 0 unspecified atom stereocenters. The third kappa shape index (κ3) is 5.82. The molecule has 3 rings (SSSR count). The fourth-order valence-electron chi connectivity index (χ4n) is 2.31. The Kier molecular flexibility index (Phi) is 7.42. The van der Waals surface area contributed by atoms with E-state index >= 15 is 0 Å². The highest BCUT2D eigenvalue weighted by Crippen LogP contribution is 2.29. The molecule has 1 amide bonds. The molecule has 0 aliphatic heterocycles. The Balaban J connectivity index is 1.55. The fourth-order valence-corrected chi connectivity index (χ4v) is 3.10. The molecule has 9 heteroatoms. The van der Waals surface area contributed by atoms with Gasteiger partial charge in [-0.15, -0.1) is 11.3 Å². The minimum atomic E-state index is -0.463. The Morgan fingerprint density at radius 3 is 2.67 bits per heavy atom. The van der Waals surface area contributed by atoms with E-state index in [1.807, 2.05) is 0 Å². The Morgan fingerprint density at radius 1 is 1.10 bits per heavy atom. The van der Waals surface area contributed by atoms with E-state index in [9.17, 15) is 9.59 Å². The maximum atomic E-state index is 12.1. The molecule has 154 valence electrons. The van der Waals surface area contributed by atoms with Crippen LogP contribution in [-0.2, 0) is 4.79 Å². The highest BCUT2D eigenvalue weighted by atomic mass is 35.5. The van der Waals surface area contributed by atoms with Crippen LogP contribution in [0.15, 0.2) is 65.1 Å². The van der Waals surface area contributed by atoms with Crippen LogP contribution in [0, 0.1) is 0 Å². The second-order valence-corrected chi connectivity index (χ2v) is 7.14. The second-order valence-electron chi connectivity index (χ2n) is 5.79. The number of thiophene rings is 1. The van der Waals surface area contributed by atoms with Crippen molar-refractivity contribution in [1.29, 1.82) is 0 Å². The zero-order valence-electron chi connectivity index (χ0n) is 15.8. The molecule has 0 spiro atoms. The quantitative estimate of drug-likeness (QED) is 0.244. The number of carbonyl (C=O) groups is 2. The van der Waals surface area contributed by atoms with Gasteiger partial charge in [-0.25, -0.2) is 10.2 Å². The molecule has 1 heterocycles. The van der Waals surface area contributed by atoms with Crippen molar-refractivity contribution in [3.05, 3.63) is 75.4 Å². The zero-order chi connectivity index (χ0) is 21.3. The van der Waals surface area contributed by atoms with Crippen molar-refractivity contribution in [3.63, 3.8) is 0 Å². The Hall–Kier alpha value is -3.36. The van der Waals surface area contributed by atoms with Crippen LogP contribution in [0.3, 0.4) is 0 Å². The number of methoxy groups -OCH3 is 1. The topological polar surface area (TPSA) is 86.2 Å². The lowest BCUT2D eigenvalue weighted by Crippen LogP contribution is -2.24. The maximum absolute atomic E-state index is 12.1. The lowest BCUT2D eigenvalue weighted by atomic mass is 10.2. The third-order valence-corrected chi connectivity index (χ3v) is 4.87. The van der Waals surface area contributed by atoms with Crippen molar-refractivity contribution in [2.75, 3.05) is 13.7 Å². The van der Waals surface area contributed by atoms with Gasteiger partial charge < -0.3 is 14.2 Å². The second kappa shape index (κ2) is 10.4. The number of hydrogen-bond acceptors (Lipinski definition) is 7. The average molecular weight is 445 g/mol. The molecule has 0 aliphatic rings. The predicted octanol–water partition coefficient (Wildman–Crippen LogP) is 4.16. The number of amides is 1. The van der Waals surface area contributed by atoms with E-state index in [0.29, 0.717) is 27.0 Å². The number of hydrazone groups is 1. The standard InChI is InChI=1S/C21H17ClN2O5S/c1-27-18-11-14(8-9-17(18)29-21(26)19-7-4-10-30-19)12-23-24-20(25)13-28-16-6-3-2-5-15(16)22/h2-12H,13H2,1H3,(H,24,25). The summed E-state index contributed by atoms with van der Waals surface area (Å²) in [5.41, 5.74) is 3.00. The molecule has 3 aromatic rings. The monoisotopic (exact) mass is 444 g/mol. The van der Waals surface area contributed by atoms with Crippen LogP contribution in [0.1, 0.15) is 15.2 Å². The molecular weight excluding hydrogens is 428 g/mol. The normalized spacial score (nSPS) is 10.6. The molecular formula is C21H17ClN2O5S. The van der Waals surface area contributed by atoms with Crippen molar-refractivity contribution in [2.45, 2.75) is 0 Å². The molecule has 1 N–H and O–H groups in total. The molecule has 0 saturated carbocycles. The van der Waals surface area contributed by atoms with Crippen LogP contribution in [0.2, 0.25) is 5.02 Å². The van der Waals surface area contributed by atoms with E-state index in [0.717, 1.165) is 0 Å². The fraction of sp³-hybridized carbons (Fsp3) is 0.0952. The van der Waals surface area contributed by atoms with E-state index < -0.39 is 11.9 Å². The van der Waals surface area contributed by atoms with Crippen molar-refractivity contribution in [1.82, 2.24) is 5.43 Å². The van der Waals surface area contributed by atoms with Crippen molar-refractivity contribution >= 4 is 41.0 Å². The number of esters is 1. The van der Waals surface area contributed by atoms with Gasteiger partial charge in [-0.3, -0.25) is 4.79 Å². The van der Waals surface area contributed by atoms with Crippen LogP contribution in [0.25, 0.3) is 0 Å². The number of rotatable bonds is 8. The average Bonchev–Trinajstić information content (AvgIpc) is 3.29. The summed E-state index contributed by atoms with van der Waals surface area (Å²) in [4.78, 5) is 24.4. The number of benzene rings is 2. The van der Waals surface area contributed by atoms with Crippen LogP contribution in [0.4, 0.5) is 0 Å². The molecule has 0 saturated heterocycles. The predicted molar refractivity (Wildman–Crippen MR) is 115 cm³/mol. The summed E-state index contributed by atoms with van der Waals surface area (Å²) in [6.45, 7) is -0.234. The van der Waals surface area contributed by atoms with Gasteiger partial charge in [0.1, 0.15) is 10.6 Å². The summed E-state index contributed by atoms with van der Waals surface area (Å²) in [6.07, 6.45) is 1.43. The number of carbonyl (C=O) groups excluding carboxylic acids is 2. The Morgan fingerprint density at radius 2 is 1.93 bits per heavy atom. The summed E-state index contributed by atoms with van der Waals surface area (Å²) < 4.78 is 16.0. The van der Waals surface area contributed by atoms with Crippen LogP contribution in [-0.4, -0.2) is 31.8 Å². The van der Waals surface area contributed by atoms with Gasteiger partial charge in [-0.05, 0) is 47.3 Å². The van der Waals surface area contributed by atoms with Crippen LogP contribution in [0.5, 0.6) is 17.2 Å². The number of nitrogens with zero attached hydrogens (tertiary/aromatic N) is 1. The summed E-state index contributed by atoms with van der Waals surface area (Å²) in [6, 6.07) is 15.2. The minimum absolute atomic E-state index is 0.234. The molecule has 2 aromatic carbocycles. The first-order chi connectivity index (χ1) is 14.6. The zero-order valence-corrected chi connectivity index (χ0v) is 17.4. The summed E-state index contributed by atoms with van der Waals surface area (Å²) in [7, 11) is 1.46. The van der Waals surface area contributed by atoms with Crippen molar-refractivity contribution in [2.24, 2.45) is 5.10 Å². The van der Waals surface area contributed by atoms with Crippen LogP contribution < -0.4 is 19.6 Å². The lowest BCUT2D eigenvalue weighted by Gasteiger charge is -2.09. The maximum Gasteiger partial charge on any atom is 0.353 e. The van der Waals surface area contributed by atoms with Crippen molar-refractivity contribution < 1.29 is 23.8 Å². The molecule has 7 nitrogen and oxygen atoms in total. The number of para-hydroxylation sites is 1. The third-order valence-electron chi connectivity index (χ3n) is 3.71. The molecule has 0 radical (unpaired) electrons. The Bertz CT molecular complexity index is 1050. The molecule has 0 bridgehead atoms. The molecule has 0 atom stereocenters. The first kappa shape index (κ1) is 21.4. The molecule has 0 aliphatic carbocycles. The molecule has 30 heavy (non-hydrogen) atoms. The van der Waals surface area contributed by atoms with Crippen LogP contribution >= 0.6 is 22.9 Å². The van der Waals surface area contributed by atoms with E-state index in [1.165, 1.54) is 24.7 Å². The SMILES string of the molecule is COc1cc(C=NNC(=O)COc2ccccc2Cl)ccc1OC(=O)c1cccs1. The summed E-state index contributed by atoms with van der Waals surface area (Å²) in [5.74, 6) is 0.147. The Labute approximate surface area is 181 Å². The van der Waals surface area contributed by atoms with Gasteiger partial charge in [0.15, 0.2) is 18.1 Å².